The lowest BCUT2D eigenvalue weighted by Crippen LogP contribution is -2.39. The highest BCUT2D eigenvalue weighted by atomic mass is 17.2. The van der Waals surface area contributed by atoms with E-state index in [0.717, 1.165) is 62.5 Å². The van der Waals surface area contributed by atoms with Gasteiger partial charge in [0.2, 0.25) is 0 Å². The van der Waals surface area contributed by atoms with Crippen LogP contribution in [0.5, 0.6) is 0 Å². The summed E-state index contributed by atoms with van der Waals surface area (Å²) in [6.07, 6.45) is 15.1. The number of carbonyl (C=O) groups is 4. The fraction of sp³-hybridized carbons (Fsp3) is 0.628. The zero-order valence-corrected chi connectivity index (χ0v) is 32.2. The third kappa shape index (κ3) is 13.7. The highest BCUT2D eigenvalue weighted by molar-refractivity contribution is 5.89. The summed E-state index contributed by atoms with van der Waals surface area (Å²) in [6, 6.07) is 14.3. The summed E-state index contributed by atoms with van der Waals surface area (Å²) in [5.74, 6) is -0.606. The van der Waals surface area contributed by atoms with E-state index in [1.165, 1.54) is 38.5 Å². The summed E-state index contributed by atoms with van der Waals surface area (Å²) in [6.45, 7) is 8.95. The summed E-state index contributed by atoms with van der Waals surface area (Å²) in [4.78, 5) is 68.3. The molecule has 2 saturated carbocycles. The molecule has 53 heavy (non-hydrogen) atoms. The monoisotopic (exact) mass is 736 g/mol. The number of benzene rings is 2. The van der Waals surface area contributed by atoms with E-state index in [2.05, 4.69) is 27.7 Å². The molecular weight excluding hydrogens is 676 g/mol. The maximum atomic E-state index is 12.4. The van der Waals surface area contributed by atoms with E-state index in [9.17, 15) is 19.2 Å². The molecule has 0 N–H and O–H groups in total. The Morgan fingerprint density at radius 1 is 0.509 bits per heavy atom. The molecule has 2 aromatic rings. The SMILES string of the molecule is CCCCCCc1ccc(C(=O)OOC(=O)OC2CCC(C(C)(C)C3CCC(OC(=O)OOC(=O)c4ccc(CCCCCC)cc4)CC3)CC2)cc1. The van der Waals surface area contributed by atoms with Crippen molar-refractivity contribution in [3.05, 3.63) is 70.8 Å². The van der Waals surface area contributed by atoms with Crippen LogP contribution in [0, 0.1) is 17.3 Å². The second kappa shape index (κ2) is 21.6. The quantitative estimate of drug-likeness (QED) is 0.0711. The lowest BCUT2D eigenvalue weighted by atomic mass is 9.60. The zero-order chi connectivity index (χ0) is 38.1. The van der Waals surface area contributed by atoms with Crippen molar-refractivity contribution in [1.29, 1.82) is 0 Å². The first kappa shape index (κ1) is 41.7. The third-order valence-electron chi connectivity index (χ3n) is 11.4. The van der Waals surface area contributed by atoms with Crippen molar-refractivity contribution in [2.45, 2.75) is 155 Å². The molecule has 0 bridgehead atoms. The second-order valence-corrected chi connectivity index (χ2v) is 15.4. The fourth-order valence-corrected chi connectivity index (χ4v) is 7.86. The molecule has 0 aliphatic heterocycles. The summed E-state index contributed by atoms with van der Waals surface area (Å²) in [7, 11) is 0. The highest BCUT2D eigenvalue weighted by Gasteiger charge is 2.41. The molecule has 0 radical (unpaired) electrons. The summed E-state index contributed by atoms with van der Waals surface area (Å²) in [5, 5.41) is 0. The molecule has 10 nitrogen and oxygen atoms in total. The number of unbranched alkanes of at least 4 members (excludes halogenated alkanes) is 6. The van der Waals surface area contributed by atoms with Crippen molar-refractivity contribution in [1.82, 2.24) is 0 Å². The van der Waals surface area contributed by atoms with Crippen LogP contribution < -0.4 is 0 Å². The third-order valence-corrected chi connectivity index (χ3v) is 11.4. The van der Waals surface area contributed by atoms with Crippen molar-refractivity contribution >= 4 is 24.2 Å². The van der Waals surface area contributed by atoms with E-state index in [1.54, 1.807) is 24.3 Å². The van der Waals surface area contributed by atoms with E-state index in [1.807, 2.05) is 24.3 Å². The lowest BCUT2D eigenvalue weighted by molar-refractivity contribution is -0.209. The Hall–Kier alpha value is -4.08. The summed E-state index contributed by atoms with van der Waals surface area (Å²) in [5.41, 5.74) is 2.97. The van der Waals surface area contributed by atoms with Gasteiger partial charge < -0.3 is 9.47 Å². The van der Waals surface area contributed by atoms with Crippen molar-refractivity contribution in [3.8, 4) is 0 Å². The topological polar surface area (TPSA) is 124 Å². The first-order valence-electron chi connectivity index (χ1n) is 20.0. The van der Waals surface area contributed by atoms with Crippen molar-refractivity contribution < 1.29 is 48.2 Å². The average Bonchev–Trinajstić information content (AvgIpc) is 3.17. The lowest BCUT2D eigenvalue weighted by Gasteiger charge is -2.46. The number of hydrogen-bond acceptors (Lipinski definition) is 10. The van der Waals surface area contributed by atoms with E-state index in [0.29, 0.717) is 48.6 Å². The first-order chi connectivity index (χ1) is 25.6. The zero-order valence-electron chi connectivity index (χ0n) is 32.2. The maximum absolute atomic E-state index is 12.4. The number of aryl methyl sites for hydroxylation is 2. The molecule has 4 rings (SSSR count). The van der Waals surface area contributed by atoms with Crippen LogP contribution in [-0.4, -0.2) is 36.5 Å². The van der Waals surface area contributed by atoms with Gasteiger partial charge in [0.1, 0.15) is 12.2 Å². The molecule has 0 aromatic heterocycles. The standard InChI is InChI=1S/C43H60O10/c1-5-7-9-11-13-31-15-19-33(20-16-31)39(44)50-52-41(46)48-37-27-23-35(24-28-37)43(3,4)36-25-29-38(30-26-36)49-42(47)53-51-40(45)34-21-17-32(18-22-34)14-12-10-8-6-2/h15-22,35-38H,5-14,23-30H2,1-4H3. The predicted octanol–water partition coefficient (Wildman–Crippen LogP) is 11.2. The van der Waals surface area contributed by atoms with Crippen LogP contribution in [0.2, 0.25) is 0 Å². The van der Waals surface area contributed by atoms with Gasteiger partial charge in [-0.2, -0.15) is 9.59 Å². The van der Waals surface area contributed by atoms with Gasteiger partial charge in [-0.05, 0) is 130 Å². The van der Waals surface area contributed by atoms with Crippen LogP contribution >= 0.6 is 0 Å². The Kier molecular flexibility index (Phi) is 17.0. The minimum absolute atomic E-state index is 0.0398. The minimum atomic E-state index is -1.01. The molecule has 2 aliphatic carbocycles. The van der Waals surface area contributed by atoms with Gasteiger partial charge in [-0.3, -0.25) is 0 Å². The second-order valence-electron chi connectivity index (χ2n) is 15.4. The maximum Gasteiger partial charge on any atom is 0.550 e. The van der Waals surface area contributed by atoms with Crippen LogP contribution in [0.15, 0.2) is 48.5 Å². The molecular formula is C43H60O10. The number of ether oxygens (including phenoxy) is 2. The molecule has 2 aromatic carbocycles. The highest BCUT2D eigenvalue weighted by Crippen LogP contribution is 2.49. The molecule has 0 amide bonds. The molecule has 2 aliphatic rings. The molecule has 10 heteroatoms. The van der Waals surface area contributed by atoms with Gasteiger partial charge in [0, 0.05) is 0 Å². The molecule has 2 fully saturated rings. The Balaban J connectivity index is 1.09. The normalized spacial score (nSPS) is 20.2. The van der Waals surface area contributed by atoms with Gasteiger partial charge in [0.25, 0.3) is 0 Å². The predicted molar refractivity (Wildman–Crippen MR) is 200 cm³/mol. The Morgan fingerprint density at radius 3 is 1.21 bits per heavy atom. The van der Waals surface area contributed by atoms with E-state index >= 15 is 0 Å². The molecule has 0 heterocycles. The minimum Gasteiger partial charge on any atom is -0.428 e. The molecule has 0 saturated heterocycles. The van der Waals surface area contributed by atoms with E-state index in [4.69, 9.17) is 29.0 Å². The Morgan fingerprint density at radius 2 is 0.868 bits per heavy atom. The van der Waals surface area contributed by atoms with Crippen LogP contribution in [0.1, 0.15) is 162 Å². The van der Waals surface area contributed by atoms with Gasteiger partial charge in [-0.1, -0.05) is 90.5 Å². The molecule has 292 valence electrons. The Bertz CT molecular complexity index is 1310. The van der Waals surface area contributed by atoms with Gasteiger partial charge in [-0.25, -0.2) is 29.1 Å². The van der Waals surface area contributed by atoms with Crippen molar-refractivity contribution in [3.63, 3.8) is 0 Å². The van der Waals surface area contributed by atoms with Gasteiger partial charge in [-0.15, -0.1) is 0 Å². The van der Waals surface area contributed by atoms with Gasteiger partial charge in [0.05, 0.1) is 11.1 Å². The first-order valence-corrected chi connectivity index (χ1v) is 20.0. The van der Waals surface area contributed by atoms with Crippen molar-refractivity contribution in [2.75, 3.05) is 0 Å². The molecule has 0 spiro atoms. The van der Waals surface area contributed by atoms with Crippen LogP contribution in [0.25, 0.3) is 0 Å². The van der Waals surface area contributed by atoms with Gasteiger partial charge in [0.15, 0.2) is 0 Å². The van der Waals surface area contributed by atoms with E-state index in [-0.39, 0.29) is 17.6 Å². The number of carbonyl (C=O) groups excluding carboxylic acids is 4. The molecule has 0 unspecified atom stereocenters. The average molecular weight is 737 g/mol. The summed E-state index contributed by atoms with van der Waals surface area (Å²) < 4.78 is 10.9. The van der Waals surface area contributed by atoms with Crippen molar-refractivity contribution in [2.24, 2.45) is 17.3 Å². The Labute approximate surface area is 315 Å². The smallest absolute Gasteiger partial charge is 0.428 e. The largest absolute Gasteiger partial charge is 0.550 e. The number of rotatable bonds is 16. The van der Waals surface area contributed by atoms with E-state index < -0.39 is 24.2 Å². The number of hydrogen-bond donors (Lipinski definition) is 0. The van der Waals surface area contributed by atoms with Gasteiger partial charge >= 0.3 is 24.2 Å². The van der Waals surface area contributed by atoms with Crippen LogP contribution in [-0.2, 0) is 41.9 Å². The fourth-order valence-electron chi connectivity index (χ4n) is 7.86. The van der Waals surface area contributed by atoms with Crippen LogP contribution in [0.3, 0.4) is 0 Å². The molecule has 0 atom stereocenters. The van der Waals surface area contributed by atoms with Crippen LogP contribution in [0.4, 0.5) is 9.59 Å². The summed E-state index contributed by atoms with van der Waals surface area (Å²) >= 11 is 0.